The SMILES string of the molecule is O=C(COc1ccc(Cl)c(F)c1)NC12CC(NC(=O)c3ccccc3Cn3cccn3)(C1)C2. The molecule has 2 amide bonds. The molecule has 2 N–H and O–H groups in total. The van der Waals surface area contributed by atoms with Gasteiger partial charge >= 0.3 is 0 Å². The first kappa shape index (κ1) is 21.5. The van der Waals surface area contributed by atoms with Gasteiger partial charge in [-0.1, -0.05) is 29.8 Å². The fourth-order valence-electron chi connectivity index (χ4n) is 4.86. The van der Waals surface area contributed by atoms with E-state index in [0.717, 1.165) is 11.6 Å². The van der Waals surface area contributed by atoms with E-state index in [2.05, 4.69) is 15.7 Å². The molecule has 7 nitrogen and oxygen atoms in total. The predicted molar refractivity (Wildman–Crippen MR) is 120 cm³/mol. The lowest BCUT2D eigenvalue weighted by Crippen LogP contribution is -2.84. The smallest absolute Gasteiger partial charge is 0.258 e. The summed E-state index contributed by atoms with van der Waals surface area (Å²) < 4.78 is 20.6. The third-order valence-corrected chi connectivity index (χ3v) is 6.53. The van der Waals surface area contributed by atoms with Gasteiger partial charge in [-0.25, -0.2) is 4.39 Å². The number of nitrogens with one attached hydrogen (secondary N) is 2. The lowest BCUT2D eigenvalue weighted by atomic mass is 9.44. The molecule has 33 heavy (non-hydrogen) atoms. The van der Waals surface area contributed by atoms with Gasteiger partial charge in [0.05, 0.1) is 11.6 Å². The Morgan fingerprint density at radius 1 is 1.09 bits per heavy atom. The van der Waals surface area contributed by atoms with E-state index in [1.54, 1.807) is 10.9 Å². The van der Waals surface area contributed by atoms with E-state index in [1.807, 2.05) is 36.5 Å². The highest BCUT2D eigenvalue weighted by molar-refractivity contribution is 6.30. The van der Waals surface area contributed by atoms with Crippen molar-refractivity contribution in [1.82, 2.24) is 20.4 Å². The molecule has 0 aliphatic heterocycles. The van der Waals surface area contributed by atoms with Gasteiger partial charge in [-0.3, -0.25) is 14.3 Å². The molecule has 1 aromatic heterocycles. The molecular weight excluding hydrogens is 447 g/mol. The van der Waals surface area contributed by atoms with Crippen LogP contribution in [0.2, 0.25) is 5.02 Å². The number of nitrogens with zero attached hydrogens (tertiary/aromatic N) is 2. The second kappa shape index (κ2) is 8.19. The van der Waals surface area contributed by atoms with Gasteiger partial charge in [-0.05, 0) is 49.1 Å². The van der Waals surface area contributed by atoms with Crippen LogP contribution < -0.4 is 15.4 Å². The number of rotatable bonds is 8. The molecule has 6 rings (SSSR count). The molecule has 0 saturated heterocycles. The lowest BCUT2D eigenvalue weighted by molar-refractivity contribution is -0.141. The van der Waals surface area contributed by atoms with E-state index in [9.17, 15) is 14.0 Å². The normalized spacial score (nSPS) is 22.6. The largest absolute Gasteiger partial charge is 0.484 e. The molecule has 3 aromatic rings. The van der Waals surface area contributed by atoms with Gasteiger partial charge in [0.2, 0.25) is 0 Å². The second-order valence-corrected chi connectivity index (χ2v) is 9.23. The van der Waals surface area contributed by atoms with Crippen LogP contribution in [-0.4, -0.2) is 39.3 Å². The van der Waals surface area contributed by atoms with E-state index >= 15 is 0 Å². The van der Waals surface area contributed by atoms with Gasteiger partial charge in [0, 0.05) is 35.1 Å². The maximum atomic E-state index is 13.5. The molecule has 0 radical (unpaired) electrons. The van der Waals surface area contributed by atoms with Crippen LogP contribution in [-0.2, 0) is 11.3 Å². The number of halogens is 2. The number of amides is 2. The first-order valence-corrected chi connectivity index (χ1v) is 11.0. The molecule has 3 fully saturated rings. The average Bonchev–Trinajstić information content (AvgIpc) is 3.25. The Labute approximate surface area is 194 Å². The molecule has 9 heteroatoms. The zero-order valence-corrected chi connectivity index (χ0v) is 18.4. The van der Waals surface area contributed by atoms with Crippen LogP contribution in [0, 0.1) is 5.82 Å². The van der Waals surface area contributed by atoms with Gasteiger partial charge in [0.25, 0.3) is 11.8 Å². The minimum atomic E-state index is -0.599. The van der Waals surface area contributed by atoms with Crippen molar-refractivity contribution in [3.63, 3.8) is 0 Å². The number of hydrogen-bond acceptors (Lipinski definition) is 4. The zero-order valence-electron chi connectivity index (χ0n) is 17.7. The van der Waals surface area contributed by atoms with Gasteiger partial charge in [0.15, 0.2) is 6.61 Å². The summed E-state index contributed by atoms with van der Waals surface area (Å²) in [6, 6.07) is 13.4. The summed E-state index contributed by atoms with van der Waals surface area (Å²) in [6.07, 6.45) is 5.59. The molecule has 3 aliphatic carbocycles. The van der Waals surface area contributed by atoms with Gasteiger partial charge < -0.3 is 15.4 Å². The standard InChI is InChI=1S/C24H22ClFN4O3/c25-19-7-6-17(10-20(19)26)33-12-21(31)28-23-13-24(14-23,15-23)29-22(32)18-5-2-1-4-16(18)11-30-9-3-8-27-30/h1-10H,11-15H2,(H,28,31)(H,29,32). The Bertz CT molecular complexity index is 1190. The molecule has 170 valence electrons. The average molecular weight is 469 g/mol. The summed E-state index contributed by atoms with van der Waals surface area (Å²) in [5.41, 5.74) is 0.917. The Kier molecular flexibility index (Phi) is 5.32. The molecule has 2 aromatic carbocycles. The molecule has 3 saturated carbocycles. The third kappa shape index (κ3) is 4.30. The second-order valence-electron chi connectivity index (χ2n) is 8.82. The lowest BCUT2D eigenvalue weighted by Gasteiger charge is -2.70. The highest BCUT2D eigenvalue weighted by Crippen LogP contribution is 2.60. The van der Waals surface area contributed by atoms with Crippen molar-refractivity contribution in [1.29, 1.82) is 0 Å². The van der Waals surface area contributed by atoms with E-state index in [-0.39, 0.29) is 40.3 Å². The fraction of sp³-hybridized carbons (Fsp3) is 0.292. The number of carbonyl (C=O) groups is 2. The molecule has 2 bridgehead atoms. The Balaban J connectivity index is 1.12. The first-order chi connectivity index (χ1) is 15.9. The van der Waals surface area contributed by atoms with Crippen LogP contribution in [0.4, 0.5) is 4.39 Å². The van der Waals surface area contributed by atoms with E-state index < -0.39 is 5.82 Å². The quantitative estimate of drug-likeness (QED) is 0.531. The van der Waals surface area contributed by atoms with Crippen molar-refractivity contribution < 1.29 is 18.7 Å². The molecule has 0 spiro atoms. The van der Waals surface area contributed by atoms with Crippen LogP contribution in [0.3, 0.4) is 0 Å². The van der Waals surface area contributed by atoms with E-state index in [0.29, 0.717) is 31.4 Å². The summed E-state index contributed by atoms with van der Waals surface area (Å²) in [4.78, 5) is 25.3. The summed E-state index contributed by atoms with van der Waals surface area (Å²) in [5.74, 6) is -0.764. The van der Waals surface area contributed by atoms with E-state index in [4.69, 9.17) is 16.3 Å². The third-order valence-electron chi connectivity index (χ3n) is 6.23. The minimum Gasteiger partial charge on any atom is -0.484 e. The molecule has 0 unspecified atom stereocenters. The Hall–Kier alpha value is -3.39. The maximum absolute atomic E-state index is 13.5. The van der Waals surface area contributed by atoms with Crippen molar-refractivity contribution in [2.24, 2.45) is 0 Å². The molecular formula is C24H22ClFN4O3. The number of benzene rings is 2. The molecule has 1 heterocycles. The van der Waals surface area contributed by atoms with Crippen molar-refractivity contribution in [3.05, 3.63) is 82.9 Å². The van der Waals surface area contributed by atoms with Gasteiger partial charge in [-0.2, -0.15) is 5.10 Å². The van der Waals surface area contributed by atoms with Crippen molar-refractivity contribution >= 4 is 23.4 Å². The summed E-state index contributed by atoms with van der Waals surface area (Å²) in [5, 5.41) is 10.4. The fourth-order valence-corrected chi connectivity index (χ4v) is 4.97. The van der Waals surface area contributed by atoms with Crippen LogP contribution in [0.1, 0.15) is 35.2 Å². The molecule has 0 atom stereocenters. The Morgan fingerprint density at radius 2 is 1.85 bits per heavy atom. The van der Waals surface area contributed by atoms with Gasteiger partial charge in [-0.15, -0.1) is 0 Å². The van der Waals surface area contributed by atoms with Crippen molar-refractivity contribution in [2.45, 2.75) is 36.9 Å². The van der Waals surface area contributed by atoms with Crippen LogP contribution in [0.5, 0.6) is 5.75 Å². The topological polar surface area (TPSA) is 85.3 Å². The minimum absolute atomic E-state index is 0.00276. The summed E-state index contributed by atoms with van der Waals surface area (Å²) >= 11 is 5.65. The predicted octanol–water partition coefficient (Wildman–Crippen LogP) is 3.32. The summed E-state index contributed by atoms with van der Waals surface area (Å²) in [7, 11) is 0. The zero-order chi connectivity index (χ0) is 23.1. The number of carbonyl (C=O) groups excluding carboxylic acids is 2. The highest BCUT2D eigenvalue weighted by atomic mass is 35.5. The van der Waals surface area contributed by atoms with Crippen molar-refractivity contribution in [3.8, 4) is 5.75 Å². The monoisotopic (exact) mass is 468 g/mol. The van der Waals surface area contributed by atoms with Crippen molar-refractivity contribution in [2.75, 3.05) is 6.61 Å². The first-order valence-electron chi connectivity index (χ1n) is 10.6. The van der Waals surface area contributed by atoms with Crippen LogP contribution in [0.15, 0.2) is 60.9 Å². The van der Waals surface area contributed by atoms with Crippen LogP contribution >= 0.6 is 11.6 Å². The molecule has 3 aliphatic rings. The number of ether oxygens (including phenoxy) is 1. The summed E-state index contributed by atoms with van der Waals surface area (Å²) in [6.45, 7) is 0.296. The van der Waals surface area contributed by atoms with Gasteiger partial charge in [0.1, 0.15) is 11.6 Å². The highest BCUT2D eigenvalue weighted by Gasteiger charge is 2.69. The Morgan fingerprint density at radius 3 is 2.58 bits per heavy atom. The maximum Gasteiger partial charge on any atom is 0.258 e. The number of aromatic nitrogens is 2. The van der Waals surface area contributed by atoms with E-state index in [1.165, 1.54) is 12.1 Å². The number of hydrogen-bond donors (Lipinski definition) is 2. The van der Waals surface area contributed by atoms with Crippen LogP contribution in [0.25, 0.3) is 0 Å².